The van der Waals surface area contributed by atoms with Crippen molar-refractivity contribution in [1.82, 2.24) is 10.2 Å². The number of amides is 2. The first-order valence-electron chi connectivity index (χ1n) is 11.6. The minimum atomic E-state index is -0.844. The van der Waals surface area contributed by atoms with Crippen molar-refractivity contribution in [2.24, 2.45) is 11.8 Å². The average Bonchev–Trinajstić information content (AvgIpc) is 3.47. The molecular weight excluding hydrogens is 420 g/mol. The monoisotopic (exact) mass is 448 g/mol. The van der Waals surface area contributed by atoms with Crippen molar-refractivity contribution in [2.45, 2.75) is 44.2 Å². The highest BCUT2D eigenvalue weighted by Crippen LogP contribution is 2.47. The second-order valence-corrected chi connectivity index (χ2v) is 9.23. The van der Waals surface area contributed by atoms with Gasteiger partial charge in [-0.1, -0.05) is 61.9 Å². The number of carbonyl (C=O) groups is 3. The van der Waals surface area contributed by atoms with Gasteiger partial charge in [0, 0.05) is 18.5 Å². The molecule has 7 heteroatoms. The minimum Gasteiger partial charge on any atom is -0.481 e. The summed E-state index contributed by atoms with van der Waals surface area (Å²) in [7, 11) is 0. The predicted molar refractivity (Wildman–Crippen MR) is 122 cm³/mol. The van der Waals surface area contributed by atoms with Gasteiger partial charge in [0.25, 0.3) is 0 Å². The first-order chi connectivity index (χ1) is 16.0. The van der Waals surface area contributed by atoms with Crippen LogP contribution in [0.2, 0.25) is 0 Å². The summed E-state index contributed by atoms with van der Waals surface area (Å²) in [6.45, 7) is 2.58. The lowest BCUT2D eigenvalue weighted by Gasteiger charge is -2.34. The molecule has 2 aromatic carbocycles. The number of carbonyl (C=O) groups excluding carboxylic acids is 2. The Bertz CT molecular complexity index is 1050. The Hall–Kier alpha value is -3.35. The van der Waals surface area contributed by atoms with Gasteiger partial charge in [0.2, 0.25) is 5.91 Å². The number of carboxylic acids is 1. The molecule has 4 unspecified atom stereocenters. The lowest BCUT2D eigenvalue weighted by Crippen LogP contribution is -2.52. The minimum absolute atomic E-state index is 0.0215. The molecule has 2 bridgehead atoms. The van der Waals surface area contributed by atoms with Crippen molar-refractivity contribution in [3.8, 4) is 11.1 Å². The summed E-state index contributed by atoms with van der Waals surface area (Å²) >= 11 is 0. The summed E-state index contributed by atoms with van der Waals surface area (Å²) in [4.78, 5) is 38.9. The Morgan fingerprint density at radius 2 is 1.73 bits per heavy atom. The van der Waals surface area contributed by atoms with Crippen LogP contribution in [0.3, 0.4) is 0 Å². The third-order valence-corrected chi connectivity index (χ3v) is 7.38. The van der Waals surface area contributed by atoms with Gasteiger partial charge in [-0.3, -0.25) is 9.59 Å². The zero-order valence-electron chi connectivity index (χ0n) is 18.6. The van der Waals surface area contributed by atoms with E-state index < -0.39 is 24.0 Å². The molecule has 3 fully saturated rings. The van der Waals surface area contributed by atoms with Crippen LogP contribution < -0.4 is 5.32 Å². The quantitative estimate of drug-likeness (QED) is 0.674. The number of alkyl carbamates (subject to hydrolysis) is 1. The largest absolute Gasteiger partial charge is 0.481 e. The Morgan fingerprint density at radius 1 is 1.09 bits per heavy atom. The van der Waals surface area contributed by atoms with Gasteiger partial charge in [0.1, 0.15) is 12.6 Å². The van der Waals surface area contributed by atoms with Crippen LogP contribution >= 0.6 is 0 Å². The number of nitrogens with zero attached hydrogens (tertiary/aromatic N) is 1. The predicted octanol–water partition coefficient (Wildman–Crippen LogP) is 3.63. The van der Waals surface area contributed by atoms with Crippen molar-refractivity contribution in [1.29, 1.82) is 0 Å². The van der Waals surface area contributed by atoms with Crippen molar-refractivity contribution in [2.75, 3.05) is 13.2 Å². The Balaban J connectivity index is 1.24. The van der Waals surface area contributed by atoms with E-state index in [9.17, 15) is 19.5 Å². The SMILES string of the molecule is CCCC(NC(=O)OCC1c2ccccc2-c2ccccc21)C(=O)N1CC2CC1C2C(=O)O. The fraction of sp³-hybridized carbons (Fsp3) is 0.423. The number of hydrogen-bond acceptors (Lipinski definition) is 4. The van der Waals surface area contributed by atoms with Gasteiger partial charge in [-0.05, 0) is 41.0 Å². The Kier molecular flexibility index (Phi) is 5.56. The van der Waals surface area contributed by atoms with E-state index in [0.29, 0.717) is 19.4 Å². The van der Waals surface area contributed by atoms with Crippen molar-refractivity contribution < 1.29 is 24.2 Å². The van der Waals surface area contributed by atoms with Gasteiger partial charge in [-0.2, -0.15) is 0 Å². The molecule has 7 nitrogen and oxygen atoms in total. The van der Waals surface area contributed by atoms with E-state index >= 15 is 0 Å². The fourth-order valence-corrected chi connectivity index (χ4v) is 5.77. The van der Waals surface area contributed by atoms with Crippen LogP contribution in [0.4, 0.5) is 4.79 Å². The van der Waals surface area contributed by atoms with Gasteiger partial charge < -0.3 is 20.1 Å². The third-order valence-electron chi connectivity index (χ3n) is 7.38. The number of benzene rings is 2. The molecule has 4 atom stereocenters. The lowest BCUT2D eigenvalue weighted by atomic mass is 9.74. The van der Waals surface area contributed by atoms with Crippen LogP contribution in [0.5, 0.6) is 0 Å². The van der Waals surface area contributed by atoms with Crippen LogP contribution in [0.1, 0.15) is 43.2 Å². The number of ether oxygens (including phenoxy) is 1. The summed E-state index contributed by atoms with van der Waals surface area (Å²) in [5.41, 5.74) is 4.57. The number of hydrogen-bond donors (Lipinski definition) is 2. The van der Waals surface area contributed by atoms with E-state index in [1.54, 1.807) is 4.90 Å². The van der Waals surface area contributed by atoms with E-state index in [2.05, 4.69) is 29.6 Å². The molecule has 1 saturated carbocycles. The molecule has 2 N–H and O–H groups in total. The molecule has 0 spiro atoms. The maximum atomic E-state index is 13.1. The zero-order chi connectivity index (χ0) is 23.1. The molecule has 2 heterocycles. The maximum absolute atomic E-state index is 13.1. The molecule has 2 aliphatic carbocycles. The standard InChI is InChI=1S/C26H28N2O5/c1-2-7-21(24(29)28-13-15-12-22(28)23(15)25(30)31)27-26(32)33-14-20-18-10-5-3-8-16(18)17-9-4-6-11-19(17)20/h3-6,8-11,15,20-23H,2,7,12-14H2,1H3,(H,27,32)(H,30,31). The first-order valence-corrected chi connectivity index (χ1v) is 11.6. The molecule has 2 aromatic rings. The van der Waals surface area contributed by atoms with E-state index in [1.165, 1.54) is 0 Å². The maximum Gasteiger partial charge on any atom is 0.407 e. The number of nitrogens with one attached hydrogen (secondary N) is 1. The van der Waals surface area contributed by atoms with Crippen LogP contribution in [0, 0.1) is 11.8 Å². The normalized spacial score (nSPS) is 23.3. The van der Waals surface area contributed by atoms with Crippen LogP contribution in [-0.4, -0.2) is 53.2 Å². The summed E-state index contributed by atoms with van der Waals surface area (Å²) in [5.74, 6) is -1.56. The molecule has 2 saturated heterocycles. The number of rotatable bonds is 7. The number of aliphatic carboxylic acids is 1. The van der Waals surface area contributed by atoms with Crippen molar-refractivity contribution >= 4 is 18.0 Å². The van der Waals surface area contributed by atoms with Gasteiger partial charge >= 0.3 is 12.1 Å². The number of carboxylic acid groups (broad SMARTS) is 1. The number of fused-ring (bicyclic) bond motifs is 4. The summed E-state index contributed by atoms with van der Waals surface area (Å²) in [5, 5.41) is 12.1. The molecule has 172 valence electrons. The highest BCUT2D eigenvalue weighted by molar-refractivity contribution is 5.88. The average molecular weight is 449 g/mol. The fourth-order valence-electron chi connectivity index (χ4n) is 5.77. The molecule has 0 radical (unpaired) electrons. The van der Waals surface area contributed by atoms with E-state index in [0.717, 1.165) is 28.7 Å². The van der Waals surface area contributed by atoms with Gasteiger partial charge in [-0.25, -0.2) is 4.79 Å². The molecule has 6 rings (SSSR count). The topological polar surface area (TPSA) is 95.9 Å². The van der Waals surface area contributed by atoms with Gasteiger partial charge in [-0.15, -0.1) is 0 Å². The first kappa shape index (κ1) is 21.5. The van der Waals surface area contributed by atoms with Crippen molar-refractivity contribution in [3.63, 3.8) is 0 Å². The molecule has 0 aromatic heterocycles. The van der Waals surface area contributed by atoms with E-state index in [4.69, 9.17) is 4.74 Å². The smallest absolute Gasteiger partial charge is 0.407 e. The van der Waals surface area contributed by atoms with E-state index in [-0.39, 0.29) is 30.4 Å². The Labute approximate surface area is 192 Å². The molecule has 2 amide bonds. The lowest BCUT2D eigenvalue weighted by molar-refractivity contribution is -0.148. The summed E-state index contributed by atoms with van der Waals surface area (Å²) in [6.07, 6.45) is 1.30. The van der Waals surface area contributed by atoms with Gasteiger partial charge in [0.05, 0.1) is 5.92 Å². The van der Waals surface area contributed by atoms with Crippen LogP contribution in [0.15, 0.2) is 48.5 Å². The molecule has 33 heavy (non-hydrogen) atoms. The van der Waals surface area contributed by atoms with E-state index in [1.807, 2.05) is 31.2 Å². The van der Waals surface area contributed by atoms with Crippen LogP contribution in [-0.2, 0) is 14.3 Å². The summed E-state index contributed by atoms with van der Waals surface area (Å²) < 4.78 is 5.61. The van der Waals surface area contributed by atoms with Crippen LogP contribution in [0.25, 0.3) is 11.1 Å². The molecule has 2 aliphatic heterocycles. The molecular formula is C26H28N2O5. The second kappa shape index (κ2) is 8.54. The molecule has 4 aliphatic rings. The highest BCUT2D eigenvalue weighted by Gasteiger charge is 2.57. The third kappa shape index (κ3) is 3.65. The zero-order valence-corrected chi connectivity index (χ0v) is 18.6. The van der Waals surface area contributed by atoms with Crippen molar-refractivity contribution in [3.05, 3.63) is 59.7 Å². The second-order valence-electron chi connectivity index (χ2n) is 9.23. The highest BCUT2D eigenvalue weighted by atomic mass is 16.5. The Morgan fingerprint density at radius 3 is 2.30 bits per heavy atom. The summed E-state index contributed by atoms with van der Waals surface area (Å²) in [6, 6.07) is 15.3. The van der Waals surface area contributed by atoms with Gasteiger partial charge in [0.15, 0.2) is 0 Å².